The van der Waals surface area contributed by atoms with Gasteiger partial charge in [-0.2, -0.15) is 0 Å². The van der Waals surface area contributed by atoms with Crippen LogP contribution in [0, 0.1) is 13.8 Å². The SMILES string of the molecule is CNC(COCCCOCCOC)c1ccc(C)cc1C. The van der Waals surface area contributed by atoms with Crippen LogP contribution in [0.15, 0.2) is 18.2 Å². The monoisotopic (exact) mass is 295 g/mol. The molecule has 1 atom stereocenters. The topological polar surface area (TPSA) is 39.7 Å². The summed E-state index contributed by atoms with van der Waals surface area (Å²) in [6, 6.07) is 6.78. The third-order valence-electron chi connectivity index (χ3n) is 3.44. The molecule has 0 aromatic heterocycles. The van der Waals surface area contributed by atoms with E-state index in [9.17, 15) is 0 Å². The summed E-state index contributed by atoms with van der Waals surface area (Å²) in [5.41, 5.74) is 3.90. The Morgan fingerprint density at radius 1 is 1.05 bits per heavy atom. The van der Waals surface area contributed by atoms with E-state index in [1.807, 2.05) is 7.05 Å². The maximum Gasteiger partial charge on any atom is 0.0700 e. The number of methoxy groups -OCH3 is 1. The van der Waals surface area contributed by atoms with E-state index in [1.165, 1.54) is 16.7 Å². The lowest BCUT2D eigenvalue weighted by molar-refractivity contribution is 0.0477. The summed E-state index contributed by atoms with van der Waals surface area (Å²) in [5, 5.41) is 3.32. The van der Waals surface area contributed by atoms with Crippen LogP contribution < -0.4 is 5.32 Å². The first-order valence-electron chi connectivity index (χ1n) is 7.58. The van der Waals surface area contributed by atoms with Crippen molar-refractivity contribution in [2.75, 3.05) is 47.2 Å². The van der Waals surface area contributed by atoms with Gasteiger partial charge in [-0.05, 0) is 38.4 Å². The maximum absolute atomic E-state index is 5.76. The standard InChI is InChI=1S/C17H29NO3/c1-14-6-7-16(15(2)12-14)17(18-3)13-21-9-5-8-20-11-10-19-4/h6-7,12,17-18H,5,8-11,13H2,1-4H3. The zero-order valence-corrected chi connectivity index (χ0v) is 13.8. The second-order valence-corrected chi connectivity index (χ2v) is 5.23. The predicted molar refractivity (Wildman–Crippen MR) is 85.8 cm³/mol. The summed E-state index contributed by atoms with van der Waals surface area (Å²) in [5.74, 6) is 0. The lowest BCUT2D eigenvalue weighted by Gasteiger charge is -2.19. The van der Waals surface area contributed by atoms with Crippen LogP contribution in [0.2, 0.25) is 0 Å². The molecule has 1 rings (SSSR count). The van der Waals surface area contributed by atoms with Crippen molar-refractivity contribution in [3.05, 3.63) is 34.9 Å². The molecular weight excluding hydrogens is 266 g/mol. The molecule has 1 N–H and O–H groups in total. The van der Waals surface area contributed by atoms with Gasteiger partial charge in [-0.25, -0.2) is 0 Å². The summed E-state index contributed by atoms with van der Waals surface area (Å²) in [6.45, 7) is 7.68. The minimum Gasteiger partial charge on any atom is -0.382 e. The number of nitrogens with one attached hydrogen (secondary N) is 1. The van der Waals surface area contributed by atoms with Gasteiger partial charge in [-0.15, -0.1) is 0 Å². The van der Waals surface area contributed by atoms with E-state index >= 15 is 0 Å². The minimum atomic E-state index is 0.236. The third-order valence-corrected chi connectivity index (χ3v) is 3.44. The highest BCUT2D eigenvalue weighted by molar-refractivity contribution is 5.32. The number of hydrogen-bond acceptors (Lipinski definition) is 4. The van der Waals surface area contributed by atoms with E-state index in [0.29, 0.717) is 19.8 Å². The molecule has 4 heteroatoms. The normalized spacial score (nSPS) is 12.6. The Labute approximate surface area is 128 Å². The first kappa shape index (κ1) is 18.1. The van der Waals surface area contributed by atoms with E-state index in [4.69, 9.17) is 14.2 Å². The van der Waals surface area contributed by atoms with E-state index < -0.39 is 0 Å². The summed E-state index contributed by atoms with van der Waals surface area (Å²) < 4.78 is 16.1. The molecule has 0 aliphatic heterocycles. The molecule has 0 saturated carbocycles. The fourth-order valence-corrected chi connectivity index (χ4v) is 2.25. The fourth-order valence-electron chi connectivity index (χ4n) is 2.25. The van der Waals surface area contributed by atoms with Crippen LogP contribution >= 0.6 is 0 Å². The van der Waals surface area contributed by atoms with Crippen molar-refractivity contribution in [2.24, 2.45) is 0 Å². The van der Waals surface area contributed by atoms with Gasteiger partial charge in [0, 0.05) is 20.3 Å². The molecule has 0 saturated heterocycles. The van der Waals surface area contributed by atoms with Gasteiger partial charge in [0.25, 0.3) is 0 Å². The molecule has 4 nitrogen and oxygen atoms in total. The van der Waals surface area contributed by atoms with Gasteiger partial charge in [-0.3, -0.25) is 0 Å². The molecule has 0 radical (unpaired) electrons. The van der Waals surface area contributed by atoms with Crippen molar-refractivity contribution in [3.8, 4) is 0 Å². The van der Waals surface area contributed by atoms with Crippen LogP contribution in [0.5, 0.6) is 0 Å². The zero-order valence-electron chi connectivity index (χ0n) is 13.8. The summed E-state index contributed by atoms with van der Waals surface area (Å²) in [6.07, 6.45) is 0.910. The van der Waals surface area contributed by atoms with E-state index in [2.05, 4.69) is 37.4 Å². The minimum absolute atomic E-state index is 0.236. The fraction of sp³-hybridized carbons (Fsp3) is 0.647. The van der Waals surface area contributed by atoms with Gasteiger partial charge < -0.3 is 19.5 Å². The van der Waals surface area contributed by atoms with Gasteiger partial charge in [0.2, 0.25) is 0 Å². The van der Waals surface area contributed by atoms with Gasteiger partial charge in [-0.1, -0.05) is 23.8 Å². The lowest BCUT2D eigenvalue weighted by atomic mass is 10.00. The smallest absolute Gasteiger partial charge is 0.0700 e. The molecule has 0 amide bonds. The Bertz CT molecular complexity index is 396. The highest BCUT2D eigenvalue weighted by Crippen LogP contribution is 2.19. The largest absolute Gasteiger partial charge is 0.382 e. The second kappa shape index (κ2) is 10.7. The molecule has 0 spiro atoms. The van der Waals surface area contributed by atoms with Crippen LogP contribution in [0.1, 0.15) is 29.2 Å². The Balaban J connectivity index is 2.25. The zero-order chi connectivity index (χ0) is 15.5. The average Bonchev–Trinajstić information content (AvgIpc) is 2.47. The first-order chi connectivity index (χ1) is 10.2. The van der Waals surface area contributed by atoms with Crippen molar-refractivity contribution in [1.82, 2.24) is 5.32 Å². The molecule has 1 aromatic rings. The lowest BCUT2D eigenvalue weighted by Crippen LogP contribution is -2.23. The molecule has 120 valence electrons. The van der Waals surface area contributed by atoms with Gasteiger partial charge in [0.1, 0.15) is 0 Å². The number of benzene rings is 1. The molecular formula is C17H29NO3. The molecule has 1 unspecified atom stereocenters. The quantitative estimate of drug-likeness (QED) is 0.637. The van der Waals surface area contributed by atoms with Crippen molar-refractivity contribution in [3.63, 3.8) is 0 Å². The molecule has 1 aromatic carbocycles. The van der Waals surface area contributed by atoms with Gasteiger partial charge in [0.15, 0.2) is 0 Å². The first-order valence-corrected chi connectivity index (χ1v) is 7.58. The van der Waals surface area contributed by atoms with Crippen LogP contribution in [0.3, 0.4) is 0 Å². The van der Waals surface area contributed by atoms with Crippen LogP contribution in [-0.4, -0.2) is 47.2 Å². The Morgan fingerprint density at radius 3 is 2.48 bits per heavy atom. The van der Waals surface area contributed by atoms with Crippen LogP contribution in [-0.2, 0) is 14.2 Å². The van der Waals surface area contributed by atoms with Crippen LogP contribution in [0.25, 0.3) is 0 Å². The Morgan fingerprint density at radius 2 is 1.81 bits per heavy atom. The molecule has 0 aliphatic carbocycles. The van der Waals surface area contributed by atoms with Crippen molar-refractivity contribution in [1.29, 1.82) is 0 Å². The number of aryl methyl sites for hydroxylation is 2. The summed E-state index contributed by atoms with van der Waals surface area (Å²) >= 11 is 0. The van der Waals surface area contributed by atoms with E-state index in [1.54, 1.807) is 7.11 Å². The second-order valence-electron chi connectivity index (χ2n) is 5.23. The number of ether oxygens (including phenoxy) is 3. The number of hydrogen-bond donors (Lipinski definition) is 1. The van der Waals surface area contributed by atoms with E-state index in [0.717, 1.165) is 19.6 Å². The predicted octanol–water partition coefficient (Wildman–Crippen LogP) is 2.63. The summed E-state index contributed by atoms with van der Waals surface area (Å²) in [4.78, 5) is 0. The average molecular weight is 295 g/mol. The number of rotatable bonds is 11. The molecule has 0 heterocycles. The maximum atomic E-state index is 5.76. The highest BCUT2D eigenvalue weighted by atomic mass is 16.5. The van der Waals surface area contributed by atoms with Crippen LogP contribution in [0.4, 0.5) is 0 Å². The molecule has 0 bridgehead atoms. The van der Waals surface area contributed by atoms with Gasteiger partial charge >= 0.3 is 0 Å². The third kappa shape index (κ3) is 7.05. The van der Waals surface area contributed by atoms with Crippen molar-refractivity contribution in [2.45, 2.75) is 26.3 Å². The molecule has 0 aliphatic rings. The molecule has 21 heavy (non-hydrogen) atoms. The Kier molecular flexibility index (Phi) is 9.26. The van der Waals surface area contributed by atoms with Crippen molar-refractivity contribution < 1.29 is 14.2 Å². The summed E-state index contributed by atoms with van der Waals surface area (Å²) in [7, 11) is 3.65. The Hall–Kier alpha value is -0.940. The van der Waals surface area contributed by atoms with Crippen molar-refractivity contribution >= 4 is 0 Å². The highest BCUT2D eigenvalue weighted by Gasteiger charge is 2.11. The van der Waals surface area contributed by atoms with E-state index in [-0.39, 0.29) is 6.04 Å². The number of likely N-dealkylation sites (N-methyl/N-ethyl adjacent to an activating group) is 1. The molecule has 0 fully saturated rings. The van der Waals surface area contributed by atoms with Gasteiger partial charge in [0.05, 0.1) is 25.9 Å².